The van der Waals surface area contributed by atoms with E-state index in [0.717, 1.165) is 25.3 Å². The lowest BCUT2D eigenvalue weighted by Gasteiger charge is -2.10. The SMILES string of the molecule is N#Cc1ccc(/C=N/NC(=O)COc2ccc3cc(Br)ccc3c2Br)cc1. The van der Waals surface area contributed by atoms with E-state index in [1.165, 1.54) is 6.21 Å². The van der Waals surface area contributed by atoms with Crippen molar-refractivity contribution >= 4 is 54.8 Å². The number of amides is 1. The summed E-state index contributed by atoms with van der Waals surface area (Å²) in [5.41, 5.74) is 3.76. The predicted octanol–water partition coefficient (Wildman–Crippen LogP) is 4.77. The van der Waals surface area contributed by atoms with Gasteiger partial charge in [0, 0.05) is 4.47 Å². The Labute approximate surface area is 172 Å². The van der Waals surface area contributed by atoms with Gasteiger partial charge in [-0.25, -0.2) is 5.43 Å². The molecule has 7 heteroatoms. The van der Waals surface area contributed by atoms with Crippen molar-refractivity contribution in [1.29, 1.82) is 5.26 Å². The van der Waals surface area contributed by atoms with E-state index in [1.807, 2.05) is 36.4 Å². The molecule has 0 aliphatic heterocycles. The van der Waals surface area contributed by atoms with E-state index < -0.39 is 0 Å². The van der Waals surface area contributed by atoms with Crippen molar-refractivity contribution in [3.8, 4) is 11.8 Å². The lowest BCUT2D eigenvalue weighted by molar-refractivity contribution is -0.123. The zero-order valence-corrected chi connectivity index (χ0v) is 17.1. The zero-order chi connectivity index (χ0) is 19.2. The number of nitrogens with one attached hydrogen (secondary N) is 1. The number of ether oxygens (including phenoxy) is 1. The van der Waals surface area contributed by atoms with Gasteiger partial charge < -0.3 is 4.74 Å². The first kappa shape index (κ1) is 19.1. The minimum atomic E-state index is -0.373. The van der Waals surface area contributed by atoms with Gasteiger partial charge in [0.2, 0.25) is 0 Å². The zero-order valence-electron chi connectivity index (χ0n) is 13.9. The molecule has 0 fully saturated rings. The maximum atomic E-state index is 11.9. The van der Waals surface area contributed by atoms with E-state index in [9.17, 15) is 4.79 Å². The summed E-state index contributed by atoms with van der Waals surface area (Å²) >= 11 is 6.97. The van der Waals surface area contributed by atoms with Crippen LogP contribution in [0.25, 0.3) is 10.8 Å². The third kappa shape index (κ3) is 4.94. The number of carbonyl (C=O) groups is 1. The molecule has 0 atom stereocenters. The quantitative estimate of drug-likeness (QED) is 0.417. The standard InChI is InChI=1S/C20H13Br2N3O2/c21-16-6-7-17-15(9-16)5-8-18(20(17)22)27-12-19(26)25-24-11-14-3-1-13(10-23)2-4-14/h1-9,11H,12H2,(H,25,26)/b24-11+. The molecule has 0 aromatic heterocycles. The van der Waals surface area contributed by atoms with Crippen LogP contribution in [0.3, 0.4) is 0 Å². The molecule has 1 N–H and O–H groups in total. The van der Waals surface area contributed by atoms with Crippen LogP contribution < -0.4 is 10.2 Å². The summed E-state index contributed by atoms with van der Waals surface area (Å²) in [6.07, 6.45) is 1.50. The number of hydrogen-bond donors (Lipinski definition) is 1. The van der Waals surface area contributed by atoms with E-state index in [1.54, 1.807) is 24.3 Å². The highest BCUT2D eigenvalue weighted by molar-refractivity contribution is 9.11. The minimum Gasteiger partial charge on any atom is -0.483 e. The van der Waals surface area contributed by atoms with E-state index >= 15 is 0 Å². The largest absolute Gasteiger partial charge is 0.483 e. The van der Waals surface area contributed by atoms with E-state index in [-0.39, 0.29) is 12.5 Å². The topological polar surface area (TPSA) is 74.5 Å². The molecule has 0 saturated heterocycles. The first-order chi connectivity index (χ1) is 13.1. The second kappa shape index (κ2) is 8.80. The van der Waals surface area contributed by atoms with E-state index in [2.05, 4.69) is 42.4 Å². The van der Waals surface area contributed by atoms with Gasteiger partial charge in [-0.2, -0.15) is 10.4 Å². The van der Waals surface area contributed by atoms with E-state index in [4.69, 9.17) is 10.00 Å². The fourth-order valence-corrected chi connectivity index (χ4v) is 3.34. The molecule has 0 radical (unpaired) electrons. The van der Waals surface area contributed by atoms with Crippen LogP contribution in [0.2, 0.25) is 0 Å². The van der Waals surface area contributed by atoms with Gasteiger partial charge in [0.15, 0.2) is 6.61 Å². The van der Waals surface area contributed by atoms with Crippen LogP contribution in [0.4, 0.5) is 0 Å². The van der Waals surface area contributed by atoms with Crippen LogP contribution in [0.1, 0.15) is 11.1 Å². The van der Waals surface area contributed by atoms with Crippen LogP contribution in [-0.2, 0) is 4.79 Å². The molecule has 5 nitrogen and oxygen atoms in total. The number of carbonyl (C=O) groups excluding carboxylic acids is 1. The van der Waals surface area contributed by atoms with Gasteiger partial charge >= 0.3 is 0 Å². The number of benzene rings is 3. The molecule has 0 heterocycles. The van der Waals surface area contributed by atoms with Crippen LogP contribution >= 0.6 is 31.9 Å². The van der Waals surface area contributed by atoms with Crippen molar-refractivity contribution < 1.29 is 9.53 Å². The van der Waals surface area contributed by atoms with Crippen molar-refractivity contribution in [2.24, 2.45) is 5.10 Å². The Morgan fingerprint density at radius 2 is 1.93 bits per heavy atom. The maximum absolute atomic E-state index is 11.9. The fourth-order valence-electron chi connectivity index (χ4n) is 2.35. The Balaban J connectivity index is 1.58. The van der Waals surface area contributed by atoms with Crippen LogP contribution in [0.15, 0.2) is 68.6 Å². The Kier molecular flexibility index (Phi) is 6.22. The first-order valence-electron chi connectivity index (χ1n) is 7.89. The van der Waals surface area contributed by atoms with Gasteiger partial charge in [-0.3, -0.25) is 4.79 Å². The van der Waals surface area contributed by atoms with Gasteiger partial charge in [-0.05, 0) is 62.6 Å². The number of nitriles is 1. The minimum absolute atomic E-state index is 0.161. The van der Waals surface area contributed by atoms with Crippen LogP contribution in [0.5, 0.6) is 5.75 Å². The molecule has 1 amide bonds. The Hall–Kier alpha value is -2.69. The summed E-state index contributed by atoms with van der Waals surface area (Å²) in [4.78, 5) is 11.9. The monoisotopic (exact) mass is 485 g/mol. The molecule has 0 unspecified atom stereocenters. The second-order valence-electron chi connectivity index (χ2n) is 5.56. The Morgan fingerprint density at radius 3 is 2.67 bits per heavy atom. The highest BCUT2D eigenvalue weighted by Crippen LogP contribution is 2.34. The number of hydrazone groups is 1. The van der Waals surface area contributed by atoms with Gasteiger partial charge in [-0.15, -0.1) is 0 Å². The lowest BCUT2D eigenvalue weighted by atomic mass is 10.1. The average Bonchev–Trinajstić information content (AvgIpc) is 2.68. The molecule has 0 bridgehead atoms. The molecule has 3 aromatic carbocycles. The molecule has 0 spiro atoms. The van der Waals surface area contributed by atoms with E-state index in [0.29, 0.717) is 11.3 Å². The molecule has 0 saturated carbocycles. The Morgan fingerprint density at radius 1 is 1.15 bits per heavy atom. The number of rotatable bonds is 5. The predicted molar refractivity (Wildman–Crippen MR) is 112 cm³/mol. The maximum Gasteiger partial charge on any atom is 0.277 e. The van der Waals surface area contributed by atoms with Crippen LogP contribution in [-0.4, -0.2) is 18.7 Å². The highest BCUT2D eigenvalue weighted by atomic mass is 79.9. The summed E-state index contributed by atoms with van der Waals surface area (Å²) in [6, 6.07) is 18.6. The molecule has 0 aliphatic rings. The smallest absolute Gasteiger partial charge is 0.277 e. The number of nitrogens with zero attached hydrogens (tertiary/aromatic N) is 2. The summed E-state index contributed by atoms with van der Waals surface area (Å²) in [6.45, 7) is -0.161. The fraction of sp³-hybridized carbons (Fsp3) is 0.0500. The van der Waals surface area contributed by atoms with Crippen molar-refractivity contribution in [2.75, 3.05) is 6.61 Å². The summed E-state index contributed by atoms with van der Waals surface area (Å²) < 4.78 is 7.38. The van der Waals surface area contributed by atoms with Crippen LogP contribution in [0, 0.1) is 11.3 Å². The number of fused-ring (bicyclic) bond motifs is 1. The normalized spacial score (nSPS) is 10.7. The van der Waals surface area contributed by atoms with Crippen molar-refractivity contribution in [2.45, 2.75) is 0 Å². The third-order valence-corrected chi connectivity index (χ3v) is 4.99. The summed E-state index contributed by atoms with van der Waals surface area (Å²) in [5, 5.41) is 14.7. The molecule has 3 aromatic rings. The first-order valence-corrected chi connectivity index (χ1v) is 9.48. The molecular formula is C20H13Br2N3O2. The summed E-state index contributed by atoms with van der Waals surface area (Å²) in [7, 11) is 0. The molecule has 0 aliphatic carbocycles. The highest BCUT2D eigenvalue weighted by Gasteiger charge is 2.08. The second-order valence-corrected chi connectivity index (χ2v) is 7.27. The average molecular weight is 487 g/mol. The van der Waals surface area contributed by atoms with Gasteiger partial charge in [0.25, 0.3) is 5.91 Å². The Bertz CT molecular complexity index is 1060. The third-order valence-electron chi connectivity index (χ3n) is 3.68. The van der Waals surface area contributed by atoms with Crippen molar-refractivity contribution in [1.82, 2.24) is 5.43 Å². The van der Waals surface area contributed by atoms with Crippen molar-refractivity contribution in [3.05, 3.63) is 74.7 Å². The van der Waals surface area contributed by atoms with Gasteiger partial charge in [0.05, 0.1) is 22.3 Å². The van der Waals surface area contributed by atoms with Crippen molar-refractivity contribution in [3.63, 3.8) is 0 Å². The number of halogens is 2. The molecule has 134 valence electrons. The van der Waals surface area contributed by atoms with Gasteiger partial charge in [-0.1, -0.05) is 40.2 Å². The van der Waals surface area contributed by atoms with Gasteiger partial charge in [0.1, 0.15) is 5.75 Å². The molecule has 27 heavy (non-hydrogen) atoms. The number of hydrogen-bond acceptors (Lipinski definition) is 4. The molecule has 3 rings (SSSR count). The summed E-state index contributed by atoms with van der Waals surface area (Å²) in [5.74, 6) is 0.207. The lowest BCUT2D eigenvalue weighted by Crippen LogP contribution is -2.24. The molecular weight excluding hydrogens is 474 g/mol.